The summed E-state index contributed by atoms with van der Waals surface area (Å²) in [6, 6.07) is 0.988. The molecule has 1 rings (SSSR count). The number of piperazine rings is 1. The first-order valence-corrected chi connectivity index (χ1v) is 3.83. The summed E-state index contributed by atoms with van der Waals surface area (Å²) in [6.07, 6.45) is 0. The van der Waals surface area contributed by atoms with Crippen LogP contribution in [0.2, 0.25) is 0 Å². The highest BCUT2D eigenvalue weighted by molar-refractivity contribution is 6.04. The summed E-state index contributed by atoms with van der Waals surface area (Å²) in [4.78, 5) is 4.26. The minimum Gasteiger partial charge on any atom is -0.347 e. The number of nitrogens with zero attached hydrogens (tertiary/aromatic N) is 2. The van der Waals surface area contributed by atoms with Gasteiger partial charge in [-0.2, -0.15) is 0 Å². The molecular weight excluding hydrogens is 123 g/mol. The van der Waals surface area contributed by atoms with Gasteiger partial charge in [0.05, 0.1) is 0 Å². The summed E-state index contributed by atoms with van der Waals surface area (Å²) in [5, 5.41) is 0. The Morgan fingerprint density at radius 1 is 1.20 bits per heavy atom. The molecule has 1 heterocycles. The van der Waals surface area contributed by atoms with E-state index in [9.17, 15) is 0 Å². The first-order valence-electron chi connectivity index (χ1n) is 3.83. The Bertz CT molecular complexity index is 106. The maximum absolute atomic E-state index is 5.79. The van der Waals surface area contributed by atoms with Crippen LogP contribution in [0.4, 0.5) is 0 Å². The van der Waals surface area contributed by atoms with Gasteiger partial charge < -0.3 is 9.71 Å². The summed E-state index contributed by atoms with van der Waals surface area (Å²) in [5.41, 5.74) is 0. The van der Waals surface area contributed by atoms with Crippen LogP contribution in [0.5, 0.6) is 0 Å². The summed E-state index contributed by atoms with van der Waals surface area (Å²) in [6.45, 7) is 6.49. The van der Waals surface area contributed by atoms with E-state index in [0.29, 0.717) is 12.1 Å². The van der Waals surface area contributed by atoms with Crippen molar-refractivity contribution in [2.24, 2.45) is 0 Å². The lowest BCUT2D eigenvalue weighted by atomic mass is 10.0. The highest BCUT2D eigenvalue weighted by atomic mass is 15.2. The quantitative estimate of drug-likeness (QED) is 0.438. The van der Waals surface area contributed by atoms with Crippen molar-refractivity contribution in [2.75, 3.05) is 20.1 Å². The number of hydrogen-bond donors (Lipinski definition) is 0. The average molecular weight is 138 g/mol. The zero-order valence-corrected chi connectivity index (χ0v) is 7.04. The van der Waals surface area contributed by atoms with Crippen molar-refractivity contribution in [1.82, 2.24) is 9.71 Å². The maximum atomic E-state index is 5.79. The average Bonchev–Trinajstić information content (AvgIpc) is 1.82. The van der Waals surface area contributed by atoms with Gasteiger partial charge in [-0.1, -0.05) is 0 Å². The number of likely N-dealkylation sites (N-methyl/N-ethyl adjacent to an activating group) is 1. The van der Waals surface area contributed by atoms with E-state index in [1.54, 1.807) is 0 Å². The van der Waals surface area contributed by atoms with Crippen molar-refractivity contribution in [3.63, 3.8) is 0 Å². The molecule has 0 aromatic carbocycles. The highest BCUT2D eigenvalue weighted by Gasteiger charge is 2.22. The zero-order chi connectivity index (χ0) is 7.72. The van der Waals surface area contributed by atoms with Crippen molar-refractivity contribution >= 4 is 7.98 Å². The van der Waals surface area contributed by atoms with Gasteiger partial charge in [-0.25, -0.2) is 0 Å². The van der Waals surface area contributed by atoms with Crippen LogP contribution >= 0.6 is 0 Å². The molecule has 0 N–H and O–H groups in total. The van der Waals surface area contributed by atoms with Gasteiger partial charge >= 0.3 is 0 Å². The van der Waals surface area contributed by atoms with Crippen molar-refractivity contribution < 1.29 is 0 Å². The molecule has 1 fully saturated rings. The second-order valence-electron chi connectivity index (χ2n) is 3.37. The second-order valence-corrected chi connectivity index (χ2v) is 3.37. The minimum atomic E-state index is 0.494. The Labute approximate surface area is 64.6 Å². The van der Waals surface area contributed by atoms with Crippen molar-refractivity contribution in [2.45, 2.75) is 25.9 Å². The largest absolute Gasteiger partial charge is 0.347 e. The molecule has 56 valence electrons. The fourth-order valence-corrected chi connectivity index (χ4v) is 1.60. The first-order chi connectivity index (χ1) is 4.61. The standard InChI is InChI=1S/C7H15BN2/c1-6-4-9(3)5-7(2)10(6)8/h6-7H,4-5H2,1-3H3. The molecule has 2 nitrogen and oxygen atoms in total. The van der Waals surface area contributed by atoms with Gasteiger partial charge in [0.25, 0.3) is 0 Å². The van der Waals surface area contributed by atoms with Gasteiger partial charge in [-0.15, -0.1) is 0 Å². The fraction of sp³-hybridized carbons (Fsp3) is 1.00. The van der Waals surface area contributed by atoms with E-state index in [1.807, 2.05) is 4.81 Å². The van der Waals surface area contributed by atoms with E-state index in [1.165, 1.54) is 0 Å². The molecule has 10 heavy (non-hydrogen) atoms. The minimum absolute atomic E-state index is 0.494. The van der Waals surface area contributed by atoms with Crippen LogP contribution in [0.15, 0.2) is 0 Å². The van der Waals surface area contributed by atoms with Crippen molar-refractivity contribution in [1.29, 1.82) is 0 Å². The van der Waals surface area contributed by atoms with E-state index in [4.69, 9.17) is 7.98 Å². The van der Waals surface area contributed by atoms with Gasteiger partial charge in [0.15, 0.2) is 7.98 Å². The molecule has 2 unspecified atom stereocenters. The fourth-order valence-electron chi connectivity index (χ4n) is 1.60. The van der Waals surface area contributed by atoms with E-state index in [0.717, 1.165) is 13.1 Å². The molecular formula is C7H15BN2. The molecule has 1 saturated heterocycles. The SMILES string of the molecule is [B]N1C(C)CN(C)CC1C. The van der Waals surface area contributed by atoms with Gasteiger partial charge in [-0.3, -0.25) is 0 Å². The van der Waals surface area contributed by atoms with E-state index >= 15 is 0 Å². The first kappa shape index (κ1) is 8.09. The predicted octanol–water partition coefficient (Wildman–Crippen LogP) is 0.0943. The highest BCUT2D eigenvalue weighted by Crippen LogP contribution is 2.10. The van der Waals surface area contributed by atoms with Crippen LogP contribution in [0.25, 0.3) is 0 Å². The third-order valence-electron chi connectivity index (χ3n) is 2.17. The van der Waals surface area contributed by atoms with Crippen LogP contribution in [0, 0.1) is 0 Å². The van der Waals surface area contributed by atoms with Gasteiger partial charge in [0, 0.05) is 25.2 Å². The summed E-state index contributed by atoms with van der Waals surface area (Å²) < 4.78 is 0. The molecule has 2 atom stereocenters. The van der Waals surface area contributed by atoms with Crippen LogP contribution in [-0.2, 0) is 0 Å². The molecule has 1 aliphatic heterocycles. The van der Waals surface area contributed by atoms with E-state index in [-0.39, 0.29) is 0 Å². The lowest BCUT2D eigenvalue weighted by Gasteiger charge is -2.41. The smallest absolute Gasteiger partial charge is 0.183 e. The van der Waals surface area contributed by atoms with E-state index < -0.39 is 0 Å². The molecule has 0 aliphatic carbocycles. The van der Waals surface area contributed by atoms with Crippen LogP contribution < -0.4 is 0 Å². The summed E-state index contributed by atoms with van der Waals surface area (Å²) >= 11 is 0. The van der Waals surface area contributed by atoms with Gasteiger partial charge in [-0.05, 0) is 20.9 Å². The van der Waals surface area contributed by atoms with Gasteiger partial charge in [0.2, 0.25) is 0 Å². The Morgan fingerprint density at radius 3 is 2.00 bits per heavy atom. The Kier molecular flexibility index (Phi) is 2.37. The van der Waals surface area contributed by atoms with Crippen molar-refractivity contribution in [3.8, 4) is 0 Å². The van der Waals surface area contributed by atoms with Crippen LogP contribution in [-0.4, -0.2) is 49.9 Å². The maximum Gasteiger partial charge on any atom is 0.183 e. The Balaban J connectivity index is 2.49. The molecule has 0 amide bonds. The van der Waals surface area contributed by atoms with Crippen LogP contribution in [0.3, 0.4) is 0 Å². The van der Waals surface area contributed by atoms with E-state index in [2.05, 4.69) is 25.8 Å². The van der Waals surface area contributed by atoms with Crippen molar-refractivity contribution in [3.05, 3.63) is 0 Å². The molecule has 0 aromatic heterocycles. The molecule has 1 aliphatic rings. The normalized spacial score (nSPS) is 38.3. The van der Waals surface area contributed by atoms with Gasteiger partial charge in [0.1, 0.15) is 0 Å². The monoisotopic (exact) mass is 138 g/mol. The molecule has 0 bridgehead atoms. The Hall–Kier alpha value is -0.0151. The van der Waals surface area contributed by atoms with Crippen LogP contribution in [0.1, 0.15) is 13.8 Å². The number of hydrogen-bond acceptors (Lipinski definition) is 2. The third kappa shape index (κ3) is 1.52. The zero-order valence-electron chi connectivity index (χ0n) is 7.04. The summed E-state index contributed by atoms with van der Waals surface area (Å²) in [5.74, 6) is 0. The molecule has 0 spiro atoms. The second kappa shape index (κ2) is 2.93. The molecule has 2 radical (unpaired) electrons. The lowest BCUT2D eigenvalue weighted by Crippen LogP contribution is -2.54. The predicted molar refractivity (Wildman–Crippen MR) is 44.0 cm³/mol. The Morgan fingerprint density at radius 2 is 1.60 bits per heavy atom. The molecule has 3 heteroatoms. The summed E-state index contributed by atoms with van der Waals surface area (Å²) in [7, 11) is 7.93. The molecule has 0 aromatic rings. The lowest BCUT2D eigenvalue weighted by molar-refractivity contribution is 0.126. The topological polar surface area (TPSA) is 6.48 Å². The molecule has 0 saturated carbocycles. The number of rotatable bonds is 0. The third-order valence-corrected chi connectivity index (χ3v) is 2.17.